The second kappa shape index (κ2) is 7.25. The molecule has 1 heterocycles. The Labute approximate surface area is 125 Å². The molecule has 0 atom stereocenters. The molecule has 2 rings (SSSR count). The molecule has 1 aromatic heterocycles. The highest BCUT2D eigenvalue weighted by atomic mass is 35.5. The number of amides is 1. The summed E-state index contributed by atoms with van der Waals surface area (Å²) >= 11 is 5.82. The molecule has 0 spiro atoms. The van der Waals surface area contributed by atoms with Gasteiger partial charge in [0.05, 0.1) is 5.71 Å². The first-order valence-corrected chi connectivity index (χ1v) is 6.40. The molecule has 0 aliphatic carbocycles. The maximum atomic E-state index is 11.9. The van der Waals surface area contributed by atoms with Gasteiger partial charge in [-0.1, -0.05) is 22.8 Å². The number of carbonyl (C=O) groups is 1. The molecule has 106 valence electrons. The van der Waals surface area contributed by atoms with E-state index in [2.05, 4.69) is 20.7 Å². The molecule has 0 bridgehead atoms. The van der Waals surface area contributed by atoms with Crippen LogP contribution in [0.4, 0.5) is 0 Å². The van der Waals surface area contributed by atoms with Crippen molar-refractivity contribution in [2.24, 2.45) is 10.3 Å². The third-order valence-corrected chi connectivity index (χ3v) is 2.84. The van der Waals surface area contributed by atoms with Crippen molar-refractivity contribution < 1.29 is 4.79 Å². The van der Waals surface area contributed by atoms with Crippen LogP contribution in [-0.4, -0.2) is 23.1 Å². The van der Waals surface area contributed by atoms with Gasteiger partial charge in [-0.3, -0.25) is 9.78 Å². The second-order valence-electron chi connectivity index (χ2n) is 4.03. The molecule has 0 saturated carbocycles. The molecule has 2 aromatic rings. The first-order valence-electron chi connectivity index (χ1n) is 6.02. The Morgan fingerprint density at radius 2 is 1.95 bits per heavy atom. The van der Waals surface area contributed by atoms with Gasteiger partial charge in [0.25, 0.3) is 5.91 Å². The van der Waals surface area contributed by atoms with Crippen molar-refractivity contribution in [3.05, 3.63) is 69.8 Å². The maximum absolute atomic E-state index is 11.9. The molecule has 6 nitrogen and oxygen atoms in total. The molecule has 0 unspecified atom stereocenters. The highest BCUT2D eigenvalue weighted by molar-refractivity contribution is 6.30. The summed E-state index contributed by atoms with van der Waals surface area (Å²) < 4.78 is 0. The van der Waals surface area contributed by atoms with Gasteiger partial charge in [0.15, 0.2) is 0 Å². The molecule has 0 aliphatic rings. The van der Waals surface area contributed by atoms with Crippen LogP contribution in [-0.2, 0) is 0 Å². The Morgan fingerprint density at radius 3 is 2.62 bits per heavy atom. The lowest BCUT2D eigenvalue weighted by Crippen LogP contribution is -2.21. The molecule has 1 aromatic carbocycles. The number of hydrazone groups is 1. The molecule has 1 N–H and O–H groups in total. The van der Waals surface area contributed by atoms with Crippen LogP contribution in [0.15, 0.2) is 59.1 Å². The predicted octanol–water partition coefficient (Wildman–Crippen LogP) is 2.64. The van der Waals surface area contributed by atoms with Gasteiger partial charge < -0.3 is 0 Å². The number of carbonyl (C=O) groups excluding carboxylic acids is 1. The molecule has 0 aliphatic heterocycles. The lowest BCUT2D eigenvalue weighted by molar-refractivity contribution is 0.0955. The number of rotatable bonds is 5. The average molecular weight is 303 g/mol. The van der Waals surface area contributed by atoms with Crippen molar-refractivity contribution in [2.45, 2.75) is 0 Å². The Balaban J connectivity index is 2.16. The summed E-state index contributed by atoms with van der Waals surface area (Å²) in [6.07, 6.45) is 3.13. The third kappa shape index (κ3) is 4.19. The quantitative estimate of drug-likeness (QED) is 0.523. The highest BCUT2D eigenvalue weighted by Crippen LogP contribution is 2.10. The number of nitroso groups, excluding NO2 is 1. The van der Waals surface area contributed by atoms with Crippen molar-refractivity contribution in [3.8, 4) is 0 Å². The van der Waals surface area contributed by atoms with E-state index < -0.39 is 5.91 Å². The van der Waals surface area contributed by atoms with Crippen LogP contribution in [0.25, 0.3) is 0 Å². The van der Waals surface area contributed by atoms with Crippen LogP contribution in [0.5, 0.6) is 0 Å². The maximum Gasteiger partial charge on any atom is 0.271 e. The van der Waals surface area contributed by atoms with Gasteiger partial charge in [0.2, 0.25) is 0 Å². The van der Waals surface area contributed by atoms with Gasteiger partial charge in [-0.2, -0.15) is 10.0 Å². The van der Waals surface area contributed by atoms with E-state index in [9.17, 15) is 9.70 Å². The van der Waals surface area contributed by atoms with Crippen LogP contribution in [0.1, 0.15) is 15.9 Å². The zero-order valence-corrected chi connectivity index (χ0v) is 11.6. The molecule has 1 amide bonds. The van der Waals surface area contributed by atoms with E-state index in [0.717, 1.165) is 0 Å². The number of nitrogens with one attached hydrogen (secondary N) is 1. The molecule has 0 saturated heterocycles. The van der Waals surface area contributed by atoms with Crippen LogP contribution < -0.4 is 5.43 Å². The Hall–Kier alpha value is -2.60. The number of benzene rings is 1. The van der Waals surface area contributed by atoms with Crippen molar-refractivity contribution in [2.75, 3.05) is 6.54 Å². The number of aromatic nitrogens is 1. The fraction of sp³-hybridized carbons (Fsp3) is 0.0714. The second-order valence-corrected chi connectivity index (χ2v) is 4.47. The lowest BCUT2D eigenvalue weighted by Gasteiger charge is -2.04. The number of hydrogen-bond donors (Lipinski definition) is 1. The zero-order valence-electron chi connectivity index (χ0n) is 10.9. The first kappa shape index (κ1) is 14.8. The van der Waals surface area contributed by atoms with Crippen LogP contribution >= 0.6 is 11.6 Å². The third-order valence-electron chi connectivity index (χ3n) is 2.61. The summed E-state index contributed by atoms with van der Waals surface area (Å²) in [6, 6.07) is 9.82. The monoisotopic (exact) mass is 302 g/mol. The SMILES string of the molecule is O=NCC(=NNC(=O)c1cccc(Cl)c1)c1ccncc1. The lowest BCUT2D eigenvalue weighted by atomic mass is 10.2. The average Bonchev–Trinajstić information content (AvgIpc) is 2.52. The summed E-state index contributed by atoms with van der Waals surface area (Å²) in [4.78, 5) is 26.3. The smallest absolute Gasteiger partial charge is 0.267 e. The van der Waals surface area contributed by atoms with E-state index in [0.29, 0.717) is 21.9 Å². The van der Waals surface area contributed by atoms with Crippen LogP contribution in [0.2, 0.25) is 5.02 Å². The highest BCUT2D eigenvalue weighted by Gasteiger charge is 2.07. The van der Waals surface area contributed by atoms with E-state index in [1.54, 1.807) is 42.7 Å². The molecule has 0 fully saturated rings. The largest absolute Gasteiger partial charge is 0.271 e. The van der Waals surface area contributed by atoms with E-state index in [-0.39, 0.29) is 6.54 Å². The fourth-order valence-corrected chi connectivity index (χ4v) is 1.80. The number of hydrogen-bond acceptors (Lipinski definition) is 5. The van der Waals surface area contributed by atoms with Gasteiger partial charge in [0.1, 0.15) is 6.54 Å². The van der Waals surface area contributed by atoms with Crippen molar-refractivity contribution in [1.29, 1.82) is 0 Å². The Kier molecular flexibility index (Phi) is 5.11. The van der Waals surface area contributed by atoms with E-state index in [1.807, 2.05) is 0 Å². The summed E-state index contributed by atoms with van der Waals surface area (Å²) in [6.45, 7) is -0.153. The minimum absolute atomic E-state index is 0.153. The van der Waals surface area contributed by atoms with E-state index >= 15 is 0 Å². The number of pyridine rings is 1. The zero-order chi connectivity index (χ0) is 15.1. The molecule has 0 radical (unpaired) electrons. The van der Waals surface area contributed by atoms with E-state index in [4.69, 9.17) is 11.6 Å². The van der Waals surface area contributed by atoms with Gasteiger partial charge in [-0.05, 0) is 30.3 Å². The van der Waals surface area contributed by atoms with E-state index in [1.165, 1.54) is 6.07 Å². The fourth-order valence-electron chi connectivity index (χ4n) is 1.61. The molecule has 21 heavy (non-hydrogen) atoms. The summed E-state index contributed by atoms with van der Waals surface area (Å²) in [7, 11) is 0. The van der Waals surface area contributed by atoms with Crippen molar-refractivity contribution >= 4 is 23.2 Å². The van der Waals surface area contributed by atoms with Gasteiger partial charge in [-0.25, -0.2) is 5.43 Å². The first-order chi connectivity index (χ1) is 10.2. The van der Waals surface area contributed by atoms with Gasteiger partial charge in [0, 0.05) is 28.5 Å². The molecular weight excluding hydrogens is 292 g/mol. The standard InChI is InChI=1S/C14H11ClN4O2/c15-12-3-1-2-11(8-12)14(20)19-18-13(9-17-21)10-4-6-16-7-5-10/h1-8H,9H2,(H,19,20). The summed E-state index contributed by atoms with van der Waals surface area (Å²) in [5.41, 5.74) is 3.77. The molecule has 7 heteroatoms. The normalized spacial score (nSPS) is 11.0. The number of halogens is 1. The Bertz CT molecular complexity index is 674. The van der Waals surface area contributed by atoms with Crippen molar-refractivity contribution in [1.82, 2.24) is 10.4 Å². The minimum Gasteiger partial charge on any atom is -0.267 e. The Morgan fingerprint density at radius 1 is 1.19 bits per heavy atom. The van der Waals surface area contributed by atoms with Crippen LogP contribution in [0, 0.1) is 4.91 Å². The minimum atomic E-state index is -0.421. The van der Waals surface area contributed by atoms with Gasteiger partial charge >= 0.3 is 0 Å². The van der Waals surface area contributed by atoms with Gasteiger partial charge in [-0.15, -0.1) is 0 Å². The van der Waals surface area contributed by atoms with Crippen LogP contribution in [0.3, 0.4) is 0 Å². The topological polar surface area (TPSA) is 83.8 Å². The molecular formula is C14H11ClN4O2. The number of nitrogens with zero attached hydrogens (tertiary/aromatic N) is 3. The summed E-state index contributed by atoms with van der Waals surface area (Å²) in [5.74, 6) is -0.421. The van der Waals surface area contributed by atoms with Crippen molar-refractivity contribution in [3.63, 3.8) is 0 Å². The summed E-state index contributed by atoms with van der Waals surface area (Å²) in [5, 5.41) is 7.20. The predicted molar refractivity (Wildman–Crippen MR) is 80.4 cm³/mol.